The Bertz CT molecular complexity index is 3050. The van der Waals surface area contributed by atoms with Crippen LogP contribution in [0.25, 0.3) is 49.5 Å². The average molecular weight is 743 g/mol. The molecule has 2 N–H and O–H groups in total. The summed E-state index contributed by atoms with van der Waals surface area (Å²) in [5, 5.41) is 13.1. The first kappa shape index (κ1) is 33.0. The van der Waals surface area contributed by atoms with E-state index in [1.807, 2.05) is 0 Å². The molecule has 1 aliphatic carbocycles. The number of benzene rings is 9. The lowest BCUT2D eigenvalue weighted by atomic mass is 9.65. The molecule has 2 aliphatic heterocycles. The van der Waals surface area contributed by atoms with E-state index < -0.39 is 5.41 Å². The first-order valence-electron chi connectivity index (χ1n) is 20.2. The van der Waals surface area contributed by atoms with Gasteiger partial charge in [-0.15, -0.1) is 0 Å². The number of ether oxygens (including phenoxy) is 1. The summed E-state index contributed by atoms with van der Waals surface area (Å²) in [7, 11) is 0. The van der Waals surface area contributed by atoms with Crippen LogP contribution in [0.2, 0.25) is 0 Å². The highest BCUT2D eigenvalue weighted by molar-refractivity contribution is 6.19. The second-order valence-electron chi connectivity index (χ2n) is 15.6. The first-order chi connectivity index (χ1) is 28.8. The minimum absolute atomic E-state index is 0.0249. The second kappa shape index (κ2) is 12.9. The topological polar surface area (TPSA) is 33.3 Å². The number of fused-ring (bicyclic) bond motifs is 14. The van der Waals surface area contributed by atoms with E-state index in [0.29, 0.717) is 0 Å². The second-order valence-corrected chi connectivity index (χ2v) is 15.6. The van der Waals surface area contributed by atoms with Crippen molar-refractivity contribution in [1.82, 2.24) is 10.6 Å². The molecule has 0 radical (unpaired) electrons. The van der Waals surface area contributed by atoms with Gasteiger partial charge in [0.15, 0.2) is 0 Å². The Labute approximate surface area is 337 Å². The minimum Gasteiger partial charge on any atom is -0.457 e. The number of nitrogens with one attached hydrogen (secondary N) is 2. The van der Waals surface area contributed by atoms with Crippen molar-refractivity contribution in [2.45, 2.75) is 17.6 Å². The lowest BCUT2D eigenvalue weighted by molar-refractivity contribution is 0.434. The maximum Gasteiger partial charge on any atom is 0.132 e. The normalized spacial score (nSPS) is 17.1. The quantitative estimate of drug-likeness (QED) is 0.176. The summed E-state index contributed by atoms with van der Waals surface area (Å²) in [5.74, 6) is 1.79. The summed E-state index contributed by atoms with van der Waals surface area (Å²) in [5.41, 5.74) is 13.9. The van der Waals surface area contributed by atoms with Gasteiger partial charge in [0.1, 0.15) is 17.7 Å². The number of rotatable bonds is 4. The Morgan fingerprint density at radius 2 is 0.966 bits per heavy atom. The number of para-hydroxylation sites is 2. The van der Waals surface area contributed by atoms with Gasteiger partial charge in [0.05, 0.1) is 11.5 Å². The summed E-state index contributed by atoms with van der Waals surface area (Å²) >= 11 is 0. The Morgan fingerprint density at radius 1 is 0.431 bits per heavy atom. The van der Waals surface area contributed by atoms with Gasteiger partial charge >= 0.3 is 0 Å². The molecule has 1 spiro atoms. The molecule has 2 atom stereocenters. The molecule has 2 heterocycles. The van der Waals surface area contributed by atoms with Crippen LogP contribution in [0.15, 0.2) is 206 Å². The molecule has 12 rings (SSSR count). The molecule has 0 saturated carbocycles. The van der Waals surface area contributed by atoms with E-state index in [0.717, 1.165) is 33.9 Å². The van der Waals surface area contributed by atoms with Gasteiger partial charge in [-0.2, -0.15) is 0 Å². The smallest absolute Gasteiger partial charge is 0.132 e. The Kier molecular flexibility index (Phi) is 7.35. The zero-order chi connectivity index (χ0) is 38.2. The third-order valence-electron chi connectivity index (χ3n) is 12.6. The molecule has 0 fully saturated rings. The van der Waals surface area contributed by atoms with Crippen molar-refractivity contribution >= 4 is 27.2 Å². The van der Waals surface area contributed by atoms with Gasteiger partial charge < -0.3 is 10.1 Å². The van der Waals surface area contributed by atoms with Gasteiger partial charge in [-0.05, 0) is 89.8 Å². The maximum absolute atomic E-state index is 6.77. The molecule has 2 unspecified atom stereocenters. The van der Waals surface area contributed by atoms with Gasteiger partial charge in [-0.1, -0.05) is 188 Å². The van der Waals surface area contributed by atoms with Crippen LogP contribution in [0, 0.1) is 0 Å². The van der Waals surface area contributed by atoms with E-state index in [1.54, 1.807) is 0 Å². The third-order valence-corrected chi connectivity index (χ3v) is 12.6. The van der Waals surface area contributed by atoms with Crippen molar-refractivity contribution in [2.75, 3.05) is 0 Å². The zero-order valence-corrected chi connectivity index (χ0v) is 31.7. The predicted molar refractivity (Wildman–Crippen MR) is 237 cm³/mol. The van der Waals surface area contributed by atoms with Crippen LogP contribution in [-0.4, -0.2) is 0 Å². The van der Waals surface area contributed by atoms with Crippen molar-refractivity contribution in [3.05, 3.63) is 245 Å². The average Bonchev–Trinajstić information content (AvgIpc) is 3.60. The molecule has 9 aromatic carbocycles. The van der Waals surface area contributed by atoms with Crippen LogP contribution in [-0.2, 0) is 5.41 Å². The fourth-order valence-corrected chi connectivity index (χ4v) is 10.1. The highest BCUT2D eigenvalue weighted by atomic mass is 16.5. The van der Waals surface area contributed by atoms with Crippen LogP contribution in [0.4, 0.5) is 0 Å². The molecular weight excluding hydrogens is 705 g/mol. The van der Waals surface area contributed by atoms with E-state index >= 15 is 0 Å². The molecule has 3 aliphatic rings. The molecule has 0 bridgehead atoms. The SMILES string of the molecule is C1=C(c2ccccc2)NC(c2ccc3c(c2)C2(c4ccccc4Oc4ccccc42)c2c-3c3ccccc3c3ccccc23)NC1c1ccc(-c2ccccc2)cc1. The summed E-state index contributed by atoms with van der Waals surface area (Å²) in [6.07, 6.45) is 2.15. The molecule has 58 heavy (non-hydrogen) atoms. The Balaban J connectivity index is 1.08. The molecule has 9 aromatic rings. The van der Waals surface area contributed by atoms with Gasteiger partial charge in [-0.3, -0.25) is 5.32 Å². The molecule has 3 heteroatoms. The van der Waals surface area contributed by atoms with Gasteiger partial charge in [0, 0.05) is 16.8 Å². The third kappa shape index (κ3) is 4.84. The van der Waals surface area contributed by atoms with Gasteiger partial charge in [-0.25, -0.2) is 0 Å². The molecule has 274 valence electrons. The molecule has 3 nitrogen and oxygen atoms in total. The predicted octanol–water partition coefficient (Wildman–Crippen LogP) is 13.1. The monoisotopic (exact) mass is 742 g/mol. The van der Waals surface area contributed by atoms with Crippen LogP contribution < -0.4 is 15.4 Å². The van der Waals surface area contributed by atoms with Gasteiger partial charge in [0.2, 0.25) is 0 Å². The molecule has 0 amide bonds. The summed E-state index contributed by atoms with van der Waals surface area (Å²) in [6.45, 7) is 0. The standard InChI is InChI=1S/C55H38N2O/c1-3-15-35(16-4-1)36-27-29-38(30-28-36)49-34-48(37-17-5-2-6-18-37)56-54(57-49)39-31-32-44-47(33-39)55(45-23-11-13-25-50(45)58-51-26-14-12-24-46(51)55)53-43-22-10-8-20-41(43)40-19-7-9-21-42(40)52(44)53/h1-34,49,54,56-57H. The largest absolute Gasteiger partial charge is 0.457 e. The van der Waals surface area contributed by atoms with E-state index in [4.69, 9.17) is 4.74 Å². The molecule has 0 saturated heterocycles. The molecule has 0 aromatic heterocycles. The van der Waals surface area contributed by atoms with Crippen LogP contribution in [0.3, 0.4) is 0 Å². The summed E-state index contributed by atoms with van der Waals surface area (Å²) in [4.78, 5) is 0. The van der Waals surface area contributed by atoms with Crippen molar-refractivity contribution in [2.24, 2.45) is 0 Å². The lowest BCUT2D eigenvalue weighted by Crippen LogP contribution is -2.40. The Morgan fingerprint density at radius 3 is 1.66 bits per heavy atom. The Hall–Kier alpha value is -7.20. The van der Waals surface area contributed by atoms with Crippen molar-refractivity contribution < 1.29 is 4.74 Å². The van der Waals surface area contributed by atoms with Crippen LogP contribution in [0.1, 0.15) is 51.2 Å². The lowest BCUT2D eigenvalue weighted by Gasteiger charge is -2.40. The summed E-state index contributed by atoms with van der Waals surface area (Å²) in [6, 6.07) is 72.7. The maximum atomic E-state index is 6.77. The zero-order valence-electron chi connectivity index (χ0n) is 31.7. The highest BCUT2D eigenvalue weighted by Crippen LogP contribution is 2.65. The van der Waals surface area contributed by atoms with Crippen LogP contribution >= 0.6 is 0 Å². The van der Waals surface area contributed by atoms with E-state index in [2.05, 4.69) is 217 Å². The fraction of sp³-hybridized carbons (Fsp3) is 0.0545. The number of hydrogen-bond donors (Lipinski definition) is 2. The van der Waals surface area contributed by atoms with E-state index in [1.165, 1.54) is 66.1 Å². The highest BCUT2D eigenvalue weighted by Gasteiger charge is 2.52. The minimum atomic E-state index is -0.630. The van der Waals surface area contributed by atoms with E-state index in [-0.39, 0.29) is 12.2 Å². The summed E-state index contributed by atoms with van der Waals surface area (Å²) < 4.78 is 6.77. The first-order valence-corrected chi connectivity index (χ1v) is 20.2. The van der Waals surface area contributed by atoms with E-state index in [9.17, 15) is 0 Å². The molecular formula is C55H38N2O. The fourth-order valence-electron chi connectivity index (χ4n) is 10.1. The van der Waals surface area contributed by atoms with Gasteiger partial charge in [0.25, 0.3) is 0 Å². The van der Waals surface area contributed by atoms with Crippen molar-refractivity contribution in [3.63, 3.8) is 0 Å². The number of hydrogen-bond acceptors (Lipinski definition) is 3. The van der Waals surface area contributed by atoms with Crippen LogP contribution in [0.5, 0.6) is 11.5 Å². The van der Waals surface area contributed by atoms with Crippen molar-refractivity contribution in [1.29, 1.82) is 0 Å². The van der Waals surface area contributed by atoms with Crippen molar-refractivity contribution in [3.8, 4) is 33.8 Å².